The van der Waals surface area contributed by atoms with Crippen molar-refractivity contribution >= 4 is 21.7 Å². The fourth-order valence-corrected chi connectivity index (χ4v) is 4.62. The molecule has 4 rings (SSSR count). The van der Waals surface area contributed by atoms with E-state index in [0.717, 1.165) is 6.26 Å². The van der Waals surface area contributed by atoms with Gasteiger partial charge < -0.3 is 19.1 Å². The number of alkyl halides is 3. The molecule has 2 fully saturated rings. The summed E-state index contributed by atoms with van der Waals surface area (Å²) >= 11 is 0. The number of carbonyl (C=O) groups excluding carboxylic acids is 1. The molecule has 2 aliphatic rings. The van der Waals surface area contributed by atoms with E-state index in [2.05, 4.69) is 14.7 Å². The number of nitrogens with zero attached hydrogens (tertiary/aromatic N) is 4. The van der Waals surface area contributed by atoms with E-state index in [4.69, 9.17) is 4.74 Å². The molecule has 0 aliphatic carbocycles. The van der Waals surface area contributed by atoms with Crippen LogP contribution >= 0.6 is 0 Å². The van der Waals surface area contributed by atoms with Crippen LogP contribution in [0.4, 0.5) is 27.9 Å². The van der Waals surface area contributed by atoms with Crippen LogP contribution in [0, 0.1) is 11.6 Å². The number of ether oxygens (including phenoxy) is 1. The number of sulfone groups is 1. The van der Waals surface area contributed by atoms with Gasteiger partial charge in [0.2, 0.25) is 0 Å². The lowest BCUT2D eigenvalue weighted by atomic mass is 10.0. The van der Waals surface area contributed by atoms with E-state index in [1.165, 1.54) is 9.80 Å². The Balaban J connectivity index is 1.38. The van der Waals surface area contributed by atoms with E-state index in [9.17, 15) is 35.2 Å². The molecule has 1 aromatic carbocycles. The summed E-state index contributed by atoms with van der Waals surface area (Å²) in [4.78, 5) is 18.6. The lowest BCUT2D eigenvalue weighted by Crippen LogP contribution is -2.47. The van der Waals surface area contributed by atoms with Gasteiger partial charge in [-0.2, -0.15) is 18.2 Å². The zero-order valence-electron chi connectivity index (χ0n) is 17.7. The molecule has 9 nitrogen and oxygen atoms in total. The molecular formula is C19H19F5N4O5S. The van der Waals surface area contributed by atoms with Crippen LogP contribution in [-0.2, 0) is 20.8 Å². The highest BCUT2D eigenvalue weighted by atomic mass is 32.2. The van der Waals surface area contributed by atoms with E-state index in [1.807, 2.05) is 0 Å². The zero-order chi connectivity index (χ0) is 24.8. The minimum atomic E-state index is -4.75. The van der Waals surface area contributed by atoms with E-state index >= 15 is 0 Å². The molecule has 1 unspecified atom stereocenters. The standard InChI is InChI=1S/C19H19F5N4O5S/c1-34(30,31)11-8-12(20)15(13(21)9-11)32-14-4-7-28(16(14)29)10-2-5-27(6-3-10)18-25-17(33-26-18)19(22,23)24/h8-10,14H,2-7H2,1H3. The summed E-state index contributed by atoms with van der Waals surface area (Å²) in [6.07, 6.45) is -4.13. The van der Waals surface area contributed by atoms with Gasteiger partial charge in [0.05, 0.1) is 4.90 Å². The Morgan fingerprint density at radius 2 is 1.71 bits per heavy atom. The largest absolute Gasteiger partial charge is 0.474 e. The molecule has 0 bridgehead atoms. The van der Waals surface area contributed by atoms with Crippen LogP contribution in [0.15, 0.2) is 21.6 Å². The van der Waals surface area contributed by atoms with Crippen LogP contribution < -0.4 is 9.64 Å². The number of aromatic nitrogens is 2. The van der Waals surface area contributed by atoms with Crippen LogP contribution in [0.2, 0.25) is 0 Å². The first-order chi connectivity index (χ1) is 15.8. The van der Waals surface area contributed by atoms with Crippen molar-refractivity contribution in [3.8, 4) is 5.75 Å². The predicted molar refractivity (Wildman–Crippen MR) is 105 cm³/mol. The maximum atomic E-state index is 14.3. The van der Waals surface area contributed by atoms with Crippen molar-refractivity contribution in [1.29, 1.82) is 0 Å². The van der Waals surface area contributed by atoms with Gasteiger partial charge in [-0.3, -0.25) is 4.79 Å². The molecule has 1 aromatic heterocycles. The number of piperidine rings is 1. The van der Waals surface area contributed by atoms with Crippen molar-refractivity contribution in [2.45, 2.75) is 42.5 Å². The van der Waals surface area contributed by atoms with E-state index in [-0.39, 0.29) is 38.0 Å². The number of rotatable bonds is 5. The molecule has 2 aromatic rings. The Bertz CT molecular complexity index is 1170. The molecule has 2 aliphatic heterocycles. The monoisotopic (exact) mass is 510 g/mol. The second-order valence-corrected chi connectivity index (χ2v) is 10.0. The Hall–Kier alpha value is -2.97. The van der Waals surface area contributed by atoms with Gasteiger partial charge >= 0.3 is 12.1 Å². The Labute approximate surface area is 190 Å². The summed E-state index contributed by atoms with van der Waals surface area (Å²) in [6.45, 7) is 0.805. The third-order valence-corrected chi connectivity index (χ3v) is 6.79. The third-order valence-electron chi connectivity index (χ3n) is 5.70. The fraction of sp³-hybridized carbons (Fsp3) is 0.526. The molecule has 0 N–H and O–H groups in total. The Morgan fingerprint density at radius 3 is 2.24 bits per heavy atom. The molecular weight excluding hydrogens is 491 g/mol. The molecule has 2 saturated heterocycles. The quantitative estimate of drug-likeness (QED) is 0.565. The average molecular weight is 510 g/mol. The summed E-state index contributed by atoms with van der Waals surface area (Å²) in [5.41, 5.74) is 0. The molecule has 0 saturated carbocycles. The maximum Gasteiger partial charge on any atom is 0.471 e. The summed E-state index contributed by atoms with van der Waals surface area (Å²) in [5, 5.41) is 3.35. The van der Waals surface area contributed by atoms with Gasteiger partial charge in [-0.1, -0.05) is 0 Å². The van der Waals surface area contributed by atoms with Gasteiger partial charge in [0, 0.05) is 38.4 Å². The third kappa shape index (κ3) is 4.79. The number of hydrogen-bond acceptors (Lipinski definition) is 8. The highest BCUT2D eigenvalue weighted by Crippen LogP contribution is 2.32. The number of carbonyl (C=O) groups is 1. The van der Waals surface area contributed by atoms with Crippen molar-refractivity contribution in [1.82, 2.24) is 15.0 Å². The molecule has 0 radical (unpaired) electrons. The topological polar surface area (TPSA) is 106 Å². The van der Waals surface area contributed by atoms with Crippen LogP contribution in [0.5, 0.6) is 5.75 Å². The van der Waals surface area contributed by atoms with Gasteiger partial charge in [-0.25, -0.2) is 17.2 Å². The van der Waals surface area contributed by atoms with Crippen molar-refractivity contribution in [2.24, 2.45) is 0 Å². The van der Waals surface area contributed by atoms with Gasteiger partial charge in [0.25, 0.3) is 11.9 Å². The van der Waals surface area contributed by atoms with Crippen molar-refractivity contribution in [2.75, 3.05) is 30.8 Å². The molecule has 0 spiro atoms. The molecule has 3 heterocycles. The number of anilines is 1. The van der Waals surface area contributed by atoms with Crippen LogP contribution in [-0.4, -0.2) is 67.4 Å². The first-order valence-electron chi connectivity index (χ1n) is 10.2. The number of amides is 1. The van der Waals surface area contributed by atoms with Crippen LogP contribution in [0.25, 0.3) is 0 Å². The Kier molecular flexibility index (Phi) is 6.16. The normalized spacial score (nSPS) is 20.3. The molecule has 186 valence electrons. The minimum Gasteiger partial charge on any atom is -0.474 e. The van der Waals surface area contributed by atoms with E-state index in [0.29, 0.717) is 25.0 Å². The van der Waals surface area contributed by atoms with Crippen molar-refractivity contribution in [3.63, 3.8) is 0 Å². The van der Waals surface area contributed by atoms with E-state index < -0.39 is 56.2 Å². The number of hydrogen-bond donors (Lipinski definition) is 0. The fourth-order valence-electron chi connectivity index (χ4n) is 3.99. The summed E-state index contributed by atoms with van der Waals surface area (Å²) in [7, 11) is -3.84. The second kappa shape index (κ2) is 8.67. The Morgan fingerprint density at radius 1 is 1.09 bits per heavy atom. The SMILES string of the molecule is CS(=O)(=O)c1cc(F)c(OC2CCN(C3CCN(c4noc(C(F)(F)F)n4)CC3)C2=O)c(F)c1. The lowest BCUT2D eigenvalue weighted by molar-refractivity contribution is -0.159. The van der Waals surface area contributed by atoms with Gasteiger partial charge in [0.15, 0.2) is 33.3 Å². The van der Waals surface area contributed by atoms with Crippen LogP contribution in [0.3, 0.4) is 0 Å². The van der Waals surface area contributed by atoms with Gasteiger partial charge in [-0.15, -0.1) is 0 Å². The lowest BCUT2D eigenvalue weighted by Gasteiger charge is -2.36. The highest BCUT2D eigenvalue weighted by Gasteiger charge is 2.41. The van der Waals surface area contributed by atoms with Crippen molar-refractivity contribution in [3.05, 3.63) is 29.7 Å². The zero-order valence-corrected chi connectivity index (χ0v) is 18.5. The van der Waals surface area contributed by atoms with Gasteiger partial charge in [0.1, 0.15) is 0 Å². The smallest absolute Gasteiger partial charge is 0.471 e. The highest BCUT2D eigenvalue weighted by molar-refractivity contribution is 7.90. The average Bonchev–Trinajstić information content (AvgIpc) is 3.37. The summed E-state index contributed by atoms with van der Waals surface area (Å²) < 4.78 is 99.1. The van der Waals surface area contributed by atoms with Gasteiger partial charge in [-0.05, 0) is 30.1 Å². The molecule has 15 heteroatoms. The van der Waals surface area contributed by atoms with Crippen LogP contribution in [0.1, 0.15) is 25.2 Å². The first-order valence-corrected chi connectivity index (χ1v) is 12.1. The number of likely N-dealkylation sites (tertiary alicyclic amines) is 1. The first kappa shape index (κ1) is 24.2. The van der Waals surface area contributed by atoms with Crippen molar-refractivity contribution < 1.29 is 44.4 Å². The van der Waals surface area contributed by atoms with E-state index in [1.54, 1.807) is 0 Å². The summed E-state index contributed by atoms with van der Waals surface area (Å²) in [6, 6.07) is 1.000. The minimum absolute atomic E-state index is 0.158. The second-order valence-electron chi connectivity index (χ2n) is 8.03. The number of halogens is 5. The summed E-state index contributed by atoms with van der Waals surface area (Å²) in [5.74, 6) is -5.42. The molecule has 1 amide bonds. The molecule has 34 heavy (non-hydrogen) atoms. The maximum absolute atomic E-state index is 14.3. The predicted octanol–water partition coefficient (Wildman–Crippen LogP) is 2.42. The molecule has 1 atom stereocenters. The number of benzene rings is 1.